The zero-order valence-electron chi connectivity index (χ0n) is 15.8. The van der Waals surface area contributed by atoms with Gasteiger partial charge in [-0.2, -0.15) is 5.10 Å². The van der Waals surface area contributed by atoms with Crippen LogP contribution in [0, 0.1) is 11.8 Å². The number of hydrogen-bond acceptors (Lipinski definition) is 4. The van der Waals surface area contributed by atoms with Gasteiger partial charge in [0.2, 0.25) is 0 Å². The molecule has 6 nitrogen and oxygen atoms in total. The van der Waals surface area contributed by atoms with Crippen molar-refractivity contribution in [3.05, 3.63) is 71.9 Å². The maximum absolute atomic E-state index is 12.4. The molecule has 0 aliphatic heterocycles. The van der Waals surface area contributed by atoms with E-state index in [2.05, 4.69) is 22.3 Å². The normalized spacial score (nSPS) is 11.1. The number of hydrogen-bond donors (Lipinski definition) is 1. The summed E-state index contributed by atoms with van der Waals surface area (Å²) in [6.45, 7) is 1.81. The van der Waals surface area contributed by atoms with E-state index in [0.717, 1.165) is 16.7 Å². The summed E-state index contributed by atoms with van der Waals surface area (Å²) in [6.07, 6.45) is 0.684. The van der Waals surface area contributed by atoms with Crippen LogP contribution in [0.3, 0.4) is 0 Å². The van der Waals surface area contributed by atoms with Gasteiger partial charge < -0.3 is 4.74 Å². The number of rotatable bonds is 4. The fourth-order valence-electron chi connectivity index (χ4n) is 2.73. The van der Waals surface area contributed by atoms with Crippen LogP contribution in [0.1, 0.15) is 24.2 Å². The first kappa shape index (κ1) is 20.2. The molecule has 0 radical (unpaired) electrons. The minimum atomic E-state index is -0.712. The van der Waals surface area contributed by atoms with E-state index >= 15 is 0 Å². The second-order valence-corrected chi connectivity index (χ2v) is 6.56. The molecule has 1 aromatic heterocycles. The summed E-state index contributed by atoms with van der Waals surface area (Å²) in [5.41, 5.74) is 3.11. The Bertz CT molecular complexity index is 1080. The average Bonchev–Trinajstić information content (AvgIpc) is 3.07. The smallest absolute Gasteiger partial charge is 0.413 e. The van der Waals surface area contributed by atoms with Gasteiger partial charge in [0.25, 0.3) is 5.24 Å². The van der Waals surface area contributed by atoms with E-state index in [9.17, 15) is 9.59 Å². The van der Waals surface area contributed by atoms with Crippen molar-refractivity contribution in [3.8, 4) is 23.0 Å². The third kappa shape index (κ3) is 5.24. The molecule has 0 bridgehead atoms. The number of aryl methyl sites for hydroxylation is 1. The number of carbonyl (C=O) groups excluding carboxylic acids is 2. The number of benzene rings is 2. The Kier molecular flexibility index (Phi) is 6.32. The van der Waals surface area contributed by atoms with Gasteiger partial charge in [0, 0.05) is 18.2 Å². The van der Waals surface area contributed by atoms with Crippen molar-refractivity contribution in [2.24, 2.45) is 7.05 Å². The molecule has 1 atom stereocenters. The monoisotopic (exact) mass is 407 g/mol. The van der Waals surface area contributed by atoms with Gasteiger partial charge >= 0.3 is 6.09 Å². The van der Waals surface area contributed by atoms with Crippen LogP contribution >= 0.6 is 11.6 Å². The second kappa shape index (κ2) is 9.09. The lowest BCUT2D eigenvalue weighted by Crippen LogP contribution is -2.18. The number of halogens is 1. The number of amides is 1. The molecule has 1 amide bonds. The first-order valence-electron chi connectivity index (χ1n) is 8.80. The van der Waals surface area contributed by atoms with Gasteiger partial charge in [0.1, 0.15) is 11.9 Å². The Labute approximate surface area is 173 Å². The third-order valence-corrected chi connectivity index (χ3v) is 4.31. The fraction of sp³-hybridized carbons (Fsp3) is 0.136. The predicted octanol–water partition coefficient (Wildman–Crippen LogP) is 4.51. The van der Waals surface area contributed by atoms with Crippen LogP contribution < -0.4 is 5.32 Å². The van der Waals surface area contributed by atoms with E-state index < -0.39 is 17.4 Å². The number of aromatic nitrogens is 2. The molecular weight excluding hydrogens is 390 g/mol. The Hall–Kier alpha value is -3.56. The molecule has 3 aromatic rings. The predicted molar refractivity (Wildman–Crippen MR) is 111 cm³/mol. The van der Waals surface area contributed by atoms with Crippen LogP contribution in [0.25, 0.3) is 11.1 Å². The molecule has 0 saturated carbocycles. The van der Waals surface area contributed by atoms with Gasteiger partial charge in [-0.1, -0.05) is 48.4 Å². The lowest BCUT2D eigenvalue weighted by atomic mass is 10.1. The largest absolute Gasteiger partial charge is 0.441 e. The topological polar surface area (TPSA) is 73.2 Å². The second-order valence-electron chi connectivity index (χ2n) is 6.21. The molecule has 2 aromatic carbocycles. The van der Waals surface area contributed by atoms with Crippen molar-refractivity contribution in [1.29, 1.82) is 0 Å². The highest BCUT2D eigenvalue weighted by molar-refractivity contribution is 6.68. The van der Waals surface area contributed by atoms with E-state index in [1.807, 2.05) is 49.4 Å². The van der Waals surface area contributed by atoms with Crippen LogP contribution in [0.15, 0.2) is 60.8 Å². The van der Waals surface area contributed by atoms with E-state index in [0.29, 0.717) is 11.4 Å². The zero-order chi connectivity index (χ0) is 20.8. The molecule has 7 heteroatoms. The van der Waals surface area contributed by atoms with Crippen LogP contribution in [0.4, 0.5) is 10.6 Å². The molecule has 0 unspecified atom stereocenters. The van der Waals surface area contributed by atoms with E-state index in [1.54, 1.807) is 30.1 Å². The summed E-state index contributed by atoms with van der Waals surface area (Å²) in [4.78, 5) is 23.1. The Morgan fingerprint density at radius 1 is 1.14 bits per heavy atom. The summed E-state index contributed by atoms with van der Waals surface area (Å²) >= 11 is 5.23. The molecule has 0 fully saturated rings. The molecule has 29 heavy (non-hydrogen) atoms. The number of ether oxygens (including phenoxy) is 1. The van der Waals surface area contributed by atoms with E-state index in [1.165, 1.54) is 0 Å². The summed E-state index contributed by atoms with van der Waals surface area (Å²) < 4.78 is 7.03. The quantitative estimate of drug-likeness (QED) is 0.510. The van der Waals surface area contributed by atoms with Crippen LogP contribution in [0.5, 0.6) is 0 Å². The van der Waals surface area contributed by atoms with Gasteiger partial charge in [-0.25, -0.2) is 4.79 Å². The first-order chi connectivity index (χ1) is 13.9. The lowest BCUT2D eigenvalue weighted by Gasteiger charge is -2.15. The molecule has 146 valence electrons. The number of nitrogens with zero attached hydrogens (tertiary/aromatic N) is 2. The number of nitrogens with one attached hydrogen (secondary N) is 1. The molecule has 3 rings (SSSR count). The first-order valence-corrected chi connectivity index (χ1v) is 9.18. The Balaban J connectivity index is 1.75. The van der Waals surface area contributed by atoms with E-state index in [-0.39, 0.29) is 0 Å². The third-order valence-electron chi connectivity index (χ3n) is 4.21. The lowest BCUT2D eigenvalue weighted by molar-refractivity contribution is -0.107. The minimum absolute atomic E-state index is 0.393. The van der Waals surface area contributed by atoms with Gasteiger partial charge in [-0.3, -0.25) is 14.8 Å². The number of carbonyl (C=O) groups is 2. The van der Waals surface area contributed by atoms with Crippen molar-refractivity contribution in [2.75, 3.05) is 5.32 Å². The highest BCUT2D eigenvalue weighted by Gasteiger charge is 2.17. The van der Waals surface area contributed by atoms with Crippen LogP contribution in [-0.4, -0.2) is 21.1 Å². The molecule has 0 aliphatic carbocycles. The van der Waals surface area contributed by atoms with Crippen molar-refractivity contribution in [1.82, 2.24) is 9.78 Å². The summed E-state index contributed by atoms with van der Waals surface area (Å²) in [7, 11) is 1.73. The minimum Gasteiger partial charge on any atom is -0.441 e. The maximum Gasteiger partial charge on any atom is 0.413 e. The van der Waals surface area contributed by atoms with Gasteiger partial charge in [-0.15, -0.1) is 0 Å². The molecule has 1 heterocycles. The Morgan fingerprint density at radius 2 is 1.83 bits per heavy atom. The number of anilines is 1. The average molecular weight is 408 g/mol. The standard InChI is InChI=1S/C22H18ClN3O3/c1-15(17-6-4-3-5-7-17)29-22(28)25-21-19(14-24-26(21)2)18-11-8-16(9-12-18)10-13-20(23)27/h3-9,11-12,14-15H,1-2H3,(H,25,28)/t15-/m1/s1. The Morgan fingerprint density at radius 3 is 2.48 bits per heavy atom. The van der Waals surface area contributed by atoms with Crippen LogP contribution in [0.2, 0.25) is 0 Å². The van der Waals surface area contributed by atoms with Gasteiger partial charge in [0.15, 0.2) is 0 Å². The van der Waals surface area contributed by atoms with Gasteiger partial charge in [0.05, 0.1) is 6.20 Å². The summed E-state index contributed by atoms with van der Waals surface area (Å²) in [6, 6.07) is 16.6. The van der Waals surface area contributed by atoms with Crippen molar-refractivity contribution < 1.29 is 14.3 Å². The van der Waals surface area contributed by atoms with Crippen molar-refractivity contribution in [2.45, 2.75) is 13.0 Å². The molecule has 0 aliphatic rings. The molecule has 0 spiro atoms. The summed E-state index contributed by atoms with van der Waals surface area (Å²) in [5.74, 6) is 5.46. The van der Waals surface area contributed by atoms with Gasteiger partial charge in [-0.05, 0) is 47.7 Å². The zero-order valence-corrected chi connectivity index (χ0v) is 16.6. The highest BCUT2D eigenvalue weighted by Crippen LogP contribution is 2.28. The van der Waals surface area contributed by atoms with Crippen LogP contribution in [-0.2, 0) is 16.6 Å². The van der Waals surface area contributed by atoms with Crippen molar-refractivity contribution in [3.63, 3.8) is 0 Å². The summed E-state index contributed by atoms with van der Waals surface area (Å²) in [5, 5.41) is 6.27. The molecule has 1 N–H and O–H groups in total. The molecule has 0 saturated heterocycles. The highest BCUT2D eigenvalue weighted by atomic mass is 35.5. The molecular formula is C22H18ClN3O3. The van der Waals surface area contributed by atoms with E-state index in [4.69, 9.17) is 16.3 Å². The van der Waals surface area contributed by atoms with Crippen molar-refractivity contribution >= 4 is 28.8 Å². The SMILES string of the molecule is C[C@@H](OC(=O)Nc1c(-c2ccc(C#CC(=O)Cl)cc2)cnn1C)c1ccccc1. The maximum atomic E-state index is 12.4. The fourth-order valence-corrected chi connectivity index (χ4v) is 2.78.